The van der Waals surface area contributed by atoms with Gasteiger partial charge in [-0.15, -0.1) is 11.3 Å². The Morgan fingerprint density at radius 2 is 2.08 bits per heavy atom. The van der Waals surface area contributed by atoms with E-state index in [1.807, 2.05) is 4.57 Å². The van der Waals surface area contributed by atoms with Crippen LogP contribution in [0.1, 0.15) is 19.3 Å². The van der Waals surface area contributed by atoms with E-state index in [1.54, 1.807) is 18.0 Å². The van der Waals surface area contributed by atoms with Gasteiger partial charge in [-0.25, -0.2) is 13.8 Å². The van der Waals surface area contributed by atoms with Crippen LogP contribution in [0, 0.1) is 17.6 Å². The first-order valence-electron chi connectivity index (χ1n) is 8.19. The zero-order valence-electron chi connectivity index (χ0n) is 13.4. The van der Waals surface area contributed by atoms with Gasteiger partial charge in [0.2, 0.25) is 0 Å². The Morgan fingerprint density at radius 1 is 1.24 bits per heavy atom. The molecule has 0 atom stereocenters. The Kier molecular flexibility index (Phi) is 4.35. The first kappa shape index (κ1) is 16.4. The molecule has 2 heterocycles. The molecule has 1 fully saturated rings. The molecule has 1 saturated carbocycles. The summed E-state index contributed by atoms with van der Waals surface area (Å²) in [7, 11) is 0. The predicted molar refractivity (Wildman–Crippen MR) is 92.0 cm³/mol. The number of aliphatic hydroxyl groups is 1. The second-order valence-corrected chi connectivity index (χ2v) is 7.30. The summed E-state index contributed by atoms with van der Waals surface area (Å²) in [6.45, 7) is 0.765. The fourth-order valence-electron chi connectivity index (χ4n) is 3.26. The number of aryl methyl sites for hydroxylation is 1. The van der Waals surface area contributed by atoms with Crippen LogP contribution in [0.2, 0.25) is 0 Å². The van der Waals surface area contributed by atoms with Crippen molar-refractivity contribution in [2.24, 2.45) is 5.92 Å². The van der Waals surface area contributed by atoms with Crippen LogP contribution in [-0.4, -0.2) is 25.7 Å². The molecule has 1 N–H and O–H groups in total. The van der Waals surface area contributed by atoms with Crippen LogP contribution in [0.15, 0.2) is 36.2 Å². The van der Waals surface area contributed by atoms with Crippen LogP contribution in [-0.2, 0) is 6.54 Å². The molecule has 0 bridgehead atoms. The van der Waals surface area contributed by atoms with Crippen molar-refractivity contribution >= 4 is 11.3 Å². The van der Waals surface area contributed by atoms with E-state index < -0.39 is 11.6 Å². The third-order valence-electron chi connectivity index (χ3n) is 4.69. The number of rotatable bonds is 5. The lowest BCUT2D eigenvalue weighted by atomic mass is 9.80. The minimum Gasteiger partial charge on any atom is -0.393 e. The third kappa shape index (κ3) is 3.21. The first-order valence-corrected chi connectivity index (χ1v) is 9.07. The molecule has 3 aromatic rings. The van der Waals surface area contributed by atoms with Crippen LogP contribution >= 0.6 is 11.3 Å². The summed E-state index contributed by atoms with van der Waals surface area (Å²) >= 11 is 1.49. The normalized spacial score (nSPS) is 19.8. The molecule has 0 unspecified atom stereocenters. The number of benzene rings is 1. The monoisotopic (exact) mass is 361 g/mol. The van der Waals surface area contributed by atoms with Gasteiger partial charge in [0.05, 0.1) is 34.2 Å². The van der Waals surface area contributed by atoms with Crippen molar-refractivity contribution in [3.63, 3.8) is 0 Å². The zero-order valence-corrected chi connectivity index (χ0v) is 14.2. The summed E-state index contributed by atoms with van der Waals surface area (Å²) in [5.41, 5.74) is 3.77. The molecule has 0 spiro atoms. The number of aliphatic hydroxyl groups excluding tert-OH is 1. The van der Waals surface area contributed by atoms with Crippen molar-refractivity contribution in [2.45, 2.75) is 31.9 Å². The molecule has 1 aliphatic carbocycles. The molecule has 4 nitrogen and oxygen atoms in total. The molecule has 0 saturated heterocycles. The number of hydrogen-bond donors (Lipinski definition) is 1. The van der Waals surface area contributed by atoms with E-state index in [4.69, 9.17) is 0 Å². The molecule has 2 aromatic heterocycles. The van der Waals surface area contributed by atoms with Gasteiger partial charge < -0.3 is 9.67 Å². The quantitative estimate of drug-likeness (QED) is 0.744. The van der Waals surface area contributed by atoms with E-state index in [-0.39, 0.29) is 6.10 Å². The standard InChI is InChI=1S/C18H17F2N3OS/c19-14-2-1-12(7-15(14)20)17-18(16-8-21-10-25-16)23(9-22-17)4-3-11-5-13(24)6-11/h1-2,7-11,13,24H,3-6H2. The molecular weight excluding hydrogens is 344 g/mol. The molecule has 130 valence electrons. The minimum atomic E-state index is -0.884. The van der Waals surface area contributed by atoms with Gasteiger partial charge in [0.1, 0.15) is 0 Å². The molecule has 7 heteroatoms. The number of imidazole rings is 1. The maximum Gasteiger partial charge on any atom is 0.159 e. The largest absolute Gasteiger partial charge is 0.393 e. The molecule has 0 amide bonds. The Bertz CT molecular complexity index is 873. The molecule has 25 heavy (non-hydrogen) atoms. The lowest BCUT2D eigenvalue weighted by Crippen LogP contribution is -2.29. The van der Waals surface area contributed by atoms with Gasteiger partial charge in [0.25, 0.3) is 0 Å². The topological polar surface area (TPSA) is 50.9 Å². The summed E-state index contributed by atoms with van der Waals surface area (Å²) in [6.07, 6.45) is 5.99. The van der Waals surface area contributed by atoms with Crippen molar-refractivity contribution in [1.82, 2.24) is 14.5 Å². The van der Waals surface area contributed by atoms with Gasteiger partial charge >= 0.3 is 0 Å². The van der Waals surface area contributed by atoms with E-state index in [0.717, 1.165) is 42.4 Å². The molecule has 0 radical (unpaired) electrons. The highest BCUT2D eigenvalue weighted by Crippen LogP contribution is 2.36. The SMILES string of the molecule is OC1CC(CCn2cnc(-c3ccc(F)c(F)c3)c2-c2cncs2)C1. The smallest absolute Gasteiger partial charge is 0.159 e. The summed E-state index contributed by atoms with van der Waals surface area (Å²) in [4.78, 5) is 9.52. The maximum atomic E-state index is 13.6. The van der Waals surface area contributed by atoms with Crippen molar-refractivity contribution in [3.05, 3.63) is 47.9 Å². The number of halogens is 2. The average Bonchev–Trinajstić information content (AvgIpc) is 3.22. The van der Waals surface area contributed by atoms with E-state index in [9.17, 15) is 13.9 Å². The molecule has 1 aromatic carbocycles. The van der Waals surface area contributed by atoms with Gasteiger partial charge in [0, 0.05) is 18.3 Å². The van der Waals surface area contributed by atoms with Crippen LogP contribution in [0.3, 0.4) is 0 Å². The van der Waals surface area contributed by atoms with Crippen molar-refractivity contribution in [1.29, 1.82) is 0 Å². The number of aromatic nitrogens is 3. The maximum absolute atomic E-state index is 13.6. The summed E-state index contributed by atoms with van der Waals surface area (Å²) in [6, 6.07) is 3.84. The van der Waals surface area contributed by atoms with Gasteiger partial charge in [-0.05, 0) is 43.4 Å². The van der Waals surface area contributed by atoms with Crippen LogP contribution in [0.5, 0.6) is 0 Å². The van der Waals surface area contributed by atoms with Crippen LogP contribution < -0.4 is 0 Å². The molecule has 0 aliphatic heterocycles. The second kappa shape index (κ2) is 6.65. The summed E-state index contributed by atoms with van der Waals surface area (Å²) < 4.78 is 28.9. The van der Waals surface area contributed by atoms with Gasteiger partial charge in [-0.2, -0.15) is 0 Å². The van der Waals surface area contributed by atoms with Gasteiger partial charge in [-0.1, -0.05) is 0 Å². The van der Waals surface area contributed by atoms with E-state index in [0.29, 0.717) is 17.2 Å². The molecular formula is C18H17F2N3OS. The van der Waals surface area contributed by atoms with Crippen molar-refractivity contribution < 1.29 is 13.9 Å². The highest BCUT2D eigenvalue weighted by atomic mass is 32.1. The zero-order chi connectivity index (χ0) is 17.4. The van der Waals surface area contributed by atoms with Gasteiger partial charge in [-0.3, -0.25) is 4.98 Å². The second-order valence-electron chi connectivity index (χ2n) is 6.41. The van der Waals surface area contributed by atoms with Crippen LogP contribution in [0.4, 0.5) is 8.78 Å². The fraction of sp³-hybridized carbons (Fsp3) is 0.333. The fourth-order valence-corrected chi connectivity index (χ4v) is 3.94. The molecule has 4 rings (SSSR count). The number of hydrogen-bond acceptors (Lipinski definition) is 4. The lowest BCUT2D eigenvalue weighted by Gasteiger charge is -2.31. The summed E-state index contributed by atoms with van der Waals surface area (Å²) in [5, 5.41) is 9.43. The van der Waals surface area contributed by atoms with E-state index >= 15 is 0 Å². The highest BCUT2D eigenvalue weighted by Gasteiger charge is 2.27. The predicted octanol–water partition coefficient (Wildman–Crippen LogP) is 4.11. The van der Waals surface area contributed by atoms with Crippen molar-refractivity contribution in [2.75, 3.05) is 0 Å². The average molecular weight is 361 g/mol. The van der Waals surface area contributed by atoms with Crippen LogP contribution in [0.25, 0.3) is 21.8 Å². The first-order chi connectivity index (χ1) is 12.1. The molecule has 1 aliphatic rings. The minimum absolute atomic E-state index is 0.161. The Balaban J connectivity index is 1.68. The highest BCUT2D eigenvalue weighted by molar-refractivity contribution is 7.13. The Morgan fingerprint density at radius 3 is 2.76 bits per heavy atom. The van der Waals surface area contributed by atoms with E-state index in [2.05, 4.69) is 9.97 Å². The lowest BCUT2D eigenvalue weighted by molar-refractivity contribution is 0.0373. The Hall–Kier alpha value is -2.12. The van der Waals surface area contributed by atoms with E-state index in [1.165, 1.54) is 23.5 Å². The number of nitrogens with zero attached hydrogens (tertiary/aromatic N) is 3. The van der Waals surface area contributed by atoms with Crippen molar-refractivity contribution in [3.8, 4) is 21.8 Å². The Labute approximate surface area is 147 Å². The summed E-state index contributed by atoms with van der Waals surface area (Å²) in [5.74, 6) is -1.23. The number of thiazole rings is 1. The van der Waals surface area contributed by atoms with Gasteiger partial charge in [0.15, 0.2) is 11.6 Å². The third-order valence-corrected chi connectivity index (χ3v) is 5.47.